The largest absolute Gasteiger partial charge is 0.350 e. The number of carbonyl (C=O) groups excluding carboxylic acids is 1. The first-order valence-corrected chi connectivity index (χ1v) is 6.53. The van der Waals surface area contributed by atoms with Crippen LogP contribution in [0.2, 0.25) is 5.15 Å². The van der Waals surface area contributed by atoms with Gasteiger partial charge >= 0.3 is 0 Å². The van der Waals surface area contributed by atoms with Crippen LogP contribution in [0.25, 0.3) is 10.9 Å². The second-order valence-electron chi connectivity index (χ2n) is 4.49. The number of para-hydroxylation sites is 1. The molecule has 3 aromatic rings. The number of pyridine rings is 1. The molecule has 0 spiro atoms. The van der Waals surface area contributed by atoms with Gasteiger partial charge in [0.05, 0.1) is 11.9 Å². The van der Waals surface area contributed by atoms with Crippen molar-refractivity contribution in [2.45, 2.75) is 6.92 Å². The van der Waals surface area contributed by atoms with E-state index in [0.717, 1.165) is 16.5 Å². The van der Waals surface area contributed by atoms with Crippen molar-refractivity contribution in [3.63, 3.8) is 0 Å². The van der Waals surface area contributed by atoms with E-state index in [9.17, 15) is 4.79 Å². The van der Waals surface area contributed by atoms with Gasteiger partial charge in [-0.3, -0.25) is 4.79 Å². The number of halogens is 1. The van der Waals surface area contributed by atoms with Crippen LogP contribution in [0, 0.1) is 6.92 Å². The van der Waals surface area contributed by atoms with Crippen LogP contribution in [0.4, 0.5) is 5.69 Å². The monoisotopic (exact) mass is 285 g/mol. The smallest absolute Gasteiger partial charge is 0.272 e. The maximum Gasteiger partial charge on any atom is 0.272 e. The number of hydrogen-bond donors (Lipinski definition) is 2. The molecule has 3 rings (SSSR count). The average Bonchev–Trinajstić information content (AvgIpc) is 2.79. The van der Waals surface area contributed by atoms with Crippen molar-refractivity contribution in [2.24, 2.45) is 0 Å². The highest BCUT2D eigenvalue weighted by Gasteiger charge is 2.14. The van der Waals surface area contributed by atoms with Crippen molar-refractivity contribution in [3.8, 4) is 0 Å². The lowest BCUT2D eigenvalue weighted by Crippen LogP contribution is -2.13. The molecule has 0 saturated carbocycles. The molecule has 5 heteroatoms. The van der Waals surface area contributed by atoms with E-state index in [-0.39, 0.29) is 5.91 Å². The second-order valence-corrected chi connectivity index (χ2v) is 4.88. The average molecular weight is 286 g/mol. The fourth-order valence-corrected chi connectivity index (χ4v) is 2.26. The SMILES string of the molecule is Cc1c(C(=O)Nc2ccc(Cl)nc2)[nH]c2ccccc12. The Kier molecular flexibility index (Phi) is 3.16. The van der Waals surface area contributed by atoms with E-state index in [0.29, 0.717) is 16.5 Å². The standard InChI is InChI=1S/C15H12ClN3O/c1-9-11-4-2-3-5-12(11)19-14(9)15(20)18-10-6-7-13(16)17-8-10/h2-8,19H,1H3,(H,18,20). The molecule has 0 atom stereocenters. The number of rotatable bonds is 2. The number of hydrogen-bond acceptors (Lipinski definition) is 2. The van der Waals surface area contributed by atoms with Crippen LogP contribution < -0.4 is 5.32 Å². The van der Waals surface area contributed by atoms with Crippen LogP contribution in [0.15, 0.2) is 42.6 Å². The van der Waals surface area contributed by atoms with Gasteiger partial charge in [-0.1, -0.05) is 29.8 Å². The minimum atomic E-state index is -0.192. The van der Waals surface area contributed by atoms with E-state index >= 15 is 0 Å². The summed E-state index contributed by atoms with van der Waals surface area (Å²) in [6.45, 7) is 1.92. The topological polar surface area (TPSA) is 57.8 Å². The summed E-state index contributed by atoms with van der Waals surface area (Å²) < 4.78 is 0. The van der Waals surface area contributed by atoms with Crippen molar-refractivity contribution in [1.82, 2.24) is 9.97 Å². The number of carbonyl (C=O) groups is 1. The Bertz CT molecular complexity index is 777. The van der Waals surface area contributed by atoms with Gasteiger partial charge in [0.15, 0.2) is 0 Å². The van der Waals surface area contributed by atoms with Crippen molar-refractivity contribution >= 4 is 34.1 Å². The lowest BCUT2D eigenvalue weighted by Gasteiger charge is -2.04. The third-order valence-electron chi connectivity index (χ3n) is 3.18. The summed E-state index contributed by atoms with van der Waals surface area (Å²) >= 11 is 5.71. The van der Waals surface area contributed by atoms with Crippen molar-refractivity contribution in [3.05, 3.63) is 59.0 Å². The number of amides is 1. The van der Waals surface area contributed by atoms with Crippen LogP contribution in [-0.2, 0) is 0 Å². The summed E-state index contributed by atoms with van der Waals surface area (Å²) in [7, 11) is 0. The molecule has 0 aliphatic rings. The Hall–Kier alpha value is -2.33. The third-order valence-corrected chi connectivity index (χ3v) is 3.40. The molecule has 1 amide bonds. The Morgan fingerprint density at radius 3 is 2.75 bits per heavy atom. The van der Waals surface area contributed by atoms with E-state index in [4.69, 9.17) is 11.6 Å². The fourth-order valence-electron chi connectivity index (χ4n) is 2.15. The van der Waals surface area contributed by atoms with Gasteiger partial charge in [-0.2, -0.15) is 0 Å². The number of anilines is 1. The van der Waals surface area contributed by atoms with E-state index < -0.39 is 0 Å². The molecule has 2 heterocycles. The third kappa shape index (κ3) is 2.26. The first-order chi connectivity index (χ1) is 9.65. The molecule has 0 aliphatic carbocycles. The molecule has 0 aliphatic heterocycles. The van der Waals surface area contributed by atoms with Crippen LogP contribution in [-0.4, -0.2) is 15.9 Å². The number of aryl methyl sites for hydroxylation is 1. The van der Waals surface area contributed by atoms with Crippen molar-refractivity contribution < 1.29 is 4.79 Å². The summed E-state index contributed by atoms with van der Waals surface area (Å²) in [5.74, 6) is -0.192. The Morgan fingerprint density at radius 1 is 1.25 bits per heavy atom. The minimum Gasteiger partial charge on any atom is -0.350 e. The van der Waals surface area contributed by atoms with E-state index in [1.165, 1.54) is 6.20 Å². The number of aromatic nitrogens is 2. The predicted octanol–water partition coefficient (Wildman–Crippen LogP) is 3.78. The lowest BCUT2D eigenvalue weighted by atomic mass is 10.1. The lowest BCUT2D eigenvalue weighted by molar-refractivity contribution is 0.102. The van der Waals surface area contributed by atoms with Crippen molar-refractivity contribution in [2.75, 3.05) is 5.32 Å². The first kappa shape index (κ1) is 12.7. The molecule has 4 nitrogen and oxygen atoms in total. The summed E-state index contributed by atoms with van der Waals surface area (Å²) in [4.78, 5) is 19.4. The fraction of sp³-hybridized carbons (Fsp3) is 0.0667. The summed E-state index contributed by atoms with van der Waals surface area (Å²) in [5.41, 5.74) is 3.04. The highest BCUT2D eigenvalue weighted by atomic mass is 35.5. The first-order valence-electron chi connectivity index (χ1n) is 6.15. The van der Waals surface area contributed by atoms with Crippen LogP contribution in [0.5, 0.6) is 0 Å². The van der Waals surface area contributed by atoms with E-state index in [1.54, 1.807) is 12.1 Å². The van der Waals surface area contributed by atoms with E-state index in [1.807, 2.05) is 31.2 Å². The zero-order valence-corrected chi connectivity index (χ0v) is 11.5. The Labute approximate surface area is 120 Å². The molecule has 0 bridgehead atoms. The van der Waals surface area contributed by atoms with Gasteiger partial charge in [0, 0.05) is 10.9 Å². The van der Waals surface area contributed by atoms with Gasteiger partial charge in [0.2, 0.25) is 0 Å². The molecule has 2 N–H and O–H groups in total. The zero-order chi connectivity index (χ0) is 14.1. The molecule has 1 aromatic carbocycles. The summed E-state index contributed by atoms with van der Waals surface area (Å²) in [6, 6.07) is 11.2. The highest BCUT2D eigenvalue weighted by molar-refractivity contribution is 6.29. The predicted molar refractivity (Wildman–Crippen MR) is 80.2 cm³/mol. The quantitative estimate of drug-likeness (QED) is 0.704. The molecule has 0 saturated heterocycles. The molecule has 20 heavy (non-hydrogen) atoms. The van der Waals surface area contributed by atoms with Gasteiger partial charge in [-0.05, 0) is 30.7 Å². The van der Waals surface area contributed by atoms with Gasteiger partial charge in [-0.25, -0.2) is 4.98 Å². The molecule has 0 fully saturated rings. The van der Waals surface area contributed by atoms with Gasteiger partial charge in [0.1, 0.15) is 10.8 Å². The molecule has 0 unspecified atom stereocenters. The van der Waals surface area contributed by atoms with Crippen LogP contribution in [0.3, 0.4) is 0 Å². The molecule has 2 aromatic heterocycles. The van der Waals surface area contributed by atoms with Gasteiger partial charge in [0.25, 0.3) is 5.91 Å². The van der Waals surface area contributed by atoms with Gasteiger partial charge in [-0.15, -0.1) is 0 Å². The van der Waals surface area contributed by atoms with Crippen LogP contribution >= 0.6 is 11.6 Å². The minimum absolute atomic E-state index is 0.192. The molecular weight excluding hydrogens is 274 g/mol. The summed E-state index contributed by atoms with van der Waals surface area (Å²) in [5, 5.41) is 4.24. The van der Waals surface area contributed by atoms with Gasteiger partial charge < -0.3 is 10.3 Å². The molecule has 0 radical (unpaired) electrons. The summed E-state index contributed by atoms with van der Waals surface area (Å²) in [6.07, 6.45) is 1.53. The number of nitrogens with one attached hydrogen (secondary N) is 2. The normalized spacial score (nSPS) is 10.7. The number of H-pyrrole nitrogens is 1. The van der Waals surface area contributed by atoms with Crippen molar-refractivity contribution in [1.29, 1.82) is 0 Å². The molecular formula is C15H12ClN3O. The Balaban J connectivity index is 1.92. The maximum atomic E-state index is 12.3. The number of benzene rings is 1. The zero-order valence-electron chi connectivity index (χ0n) is 10.8. The second kappa shape index (κ2) is 4.98. The van der Waals surface area contributed by atoms with Crippen LogP contribution in [0.1, 0.15) is 16.1 Å². The number of nitrogens with zero attached hydrogens (tertiary/aromatic N) is 1. The number of aromatic amines is 1. The maximum absolute atomic E-state index is 12.3. The van der Waals surface area contributed by atoms with E-state index in [2.05, 4.69) is 15.3 Å². The highest BCUT2D eigenvalue weighted by Crippen LogP contribution is 2.22. The Morgan fingerprint density at radius 2 is 2.05 bits per heavy atom. The number of fused-ring (bicyclic) bond motifs is 1. The molecule has 100 valence electrons.